The average molecular weight is 378 g/mol. The van der Waals surface area contributed by atoms with E-state index in [2.05, 4.69) is 12.6 Å². The van der Waals surface area contributed by atoms with E-state index in [4.69, 9.17) is 9.47 Å². The normalized spacial score (nSPS) is 26.3. The molecular formula is C20H26O5S. The van der Waals surface area contributed by atoms with Crippen molar-refractivity contribution in [2.75, 3.05) is 7.11 Å². The zero-order valence-electron chi connectivity index (χ0n) is 15.7. The fourth-order valence-electron chi connectivity index (χ4n) is 3.42. The van der Waals surface area contributed by atoms with Crippen molar-refractivity contribution in [1.82, 2.24) is 0 Å². The van der Waals surface area contributed by atoms with Crippen molar-refractivity contribution in [3.63, 3.8) is 0 Å². The third-order valence-electron chi connectivity index (χ3n) is 4.66. The molecule has 0 N–H and O–H groups in total. The van der Waals surface area contributed by atoms with Gasteiger partial charge in [0.2, 0.25) is 0 Å². The Morgan fingerprint density at radius 1 is 1.23 bits per heavy atom. The van der Waals surface area contributed by atoms with Crippen LogP contribution in [0.4, 0.5) is 0 Å². The van der Waals surface area contributed by atoms with Gasteiger partial charge in [0.05, 0.1) is 12.5 Å². The van der Waals surface area contributed by atoms with Gasteiger partial charge >= 0.3 is 11.9 Å². The van der Waals surface area contributed by atoms with E-state index in [-0.39, 0.29) is 12.2 Å². The number of hydrogen-bond acceptors (Lipinski definition) is 6. The first-order valence-corrected chi connectivity index (χ1v) is 9.18. The third-order valence-corrected chi connectivity index (χ3v) is 5.45. The van der Waals surface area contributed by atoms with Gasteiger partial charge in [0.25, 0.3) is 0 Å². The van der Waals surface area contributed by atoms with Gasteiger partial charge in [-0.2, -0.15) is 12.6 Å². The van der Waals surface area contributed by atoms with Gasteiger partial charge in [0, 0.05) is 11.7 Å². The summed E-state index contributed by atoms with van der Waals surface area (Å²) < 4.78 is 10.5. The lowest BCUT2D eigenvalue weighted by atomic mass is 9.65. The minimum absolute atomic E-state index is 0.114. The molecule has 2 rings (SSSR count). The number of esters is 2. The second kappa shape index (κ2) is 7.82. The lowest BCUT2D eigenvalue weighted by Gasteiger charge is -2.42. The van der Waals surface area contributed by atoms with Crippen LogP contribution in [0.5, 0.6) is 0 Å². The first-order valence-electron chi connectivity index (χ1n) is 8.67. The number of carbonyl (C=O) groups is 3. The number of rotatable bonds is 4. The van der Waals surface area contributed by atoms with Crippen LogP contribution < -0.4 is 0 Å². The van der Waals surface area contributed by atoms with E-state index in [0.717, 1.165) is 5.56 Å². The third kappa shape index (κ3) is 4.29. The summed E-state index contributed by atoms with van der Waals surface area (Å²) in [6, 6.07) is 9.47. The van der Waals surface area contributed by atoms with Crippen LogP contribution in [0, 0.1) is 11.3 Å². The van der Waals surface area contributed by atoms with Crippen LogP contribution >= 0.6 is 12.6 Å². The van der Waals surface area contributed by atoms with E-state index in [1.165, 1.54) is 7.11 Å². The highest BCUT2D eigenvalue weighted by Crippen LogP contribution is 2.45. The van der Waals surface area contributed by atoms with Crippen molar-refractivity contribution >= 4 is 30.4 Å². The lowest BCUT2D eigenvalue weighted by Crippen LogP contribution is -2.54. The molecule has 26 heavy (non-hydrogen) atoms. The molecule has 1 aliphatic rings. The Morgan fingerprint density at radius 3 is 2.38 bits per heavy atom. The average Bonchev–Trinajstić information content (AvgIpc) is 2.56. The van der Waals surface area contributed by atoms with E-state index < -0.39 is 34.1 Å². The smallest absolute Gasteiger partial charge is 0.318 e. The van der Waals surface area contributed by atoms with Crippen LogP contribution in [-0.4, -0.2) is 35.7 Å². The Bertz CT molecular complexity index is 679. The van der Waals surface area contributed by atoms with Crippen LogP contribution in [0.15, 0.2) is 30.3 Å². The van der Waals surface area contributed by atoms with Crippen LogP contribution in [0.25, 0.3) is 0 Å². The number of thiol groups is 1. The van der Waals surface area contributed by atoms with Crippen molar-refractivity contribution in [2.45, 2.75) is 50.9 Å². The Kier molecular flexibility index (Phi) is 6.17. The van der Waals surface area contributed by atoms with Gasteiger partial charge in [-0.15, -0.1) is 0 Å². The molecule has 0 unspecified atom stereocenters. The number of ketones is 1. The van der Waals surface area contributed by atoms with E-state index in [1.807, 2.05) is 30.3 Å². The minimum atomic E-state index is -1.09. The molecule has 6 heteroatoms. The molecule has 0 heterocycles. The minimum Gasteiger partial charge on any atom is -0.469 e. The molecule has 142 valence electrons. The molecule has 1 saturated carbocycles. The van der Waals surface area contributed by atoms with Crippen molar-refractivity contribution in [3.05, 3.63) is 35.9 Å². The van der Waals surface area contributed by atoms with Crippen molar-refractivity contribution in [1.29, 1.82) is 0 Å². The Morgan fingerprint density at radius 2 is 1.85 bits per heavy atom. The van der Waals surface area contributed by atoms with Crippen LogP contribution in [-0.2, 0) is 30.3 Å². The van der Waals surface area contributed by atoms with Crippen molar-refractivity contribution in [3.8, 4) is 0 Å². The molecule has 5 nitrogen and oxygen atoms in total. The Hall–Kier alpha value is -1.82. The Balaban J connectivity index is 2.40. The first-order chi connectivity index (χ1) is 12.1. The summed E-state index contributed by atoms with van der Waals surface area (Å²) >= 11 is 4.59. The highest BCUT2D eigenvalue weighted by Gasteiger charge is 2.56. The molecule has 1 aromatic rings. The maximum absolute atomic E-state index is 12.7. The number of hydrogen-bond donors (Lipinski definition) is 1. The van der Waals surface area contributed by atoms with E-state index in [1.54, 1.807) is 20.8 Å². The monoisotopic (exact) mass is 378 g/mol. The SMILES string of the molecule is COC(=O)[C@@]1(Cc2ccccc2)CCC(=O)[C@H](C(=O)OC(C)(C)C)[C@H]1S. The molecule has 0 amide bonds. The van der Waals surface area contributed by atoms with E-state index in [9.17, 15) is 14.4 Å². The highest BCUT2D eigenvalue weighted by molar-refractivity contribution is 7.81. The molecule has 0 bridgehead atoms. The summed E-state index contributed by atoms with van der Waals surface area (Å²) in [5.41, 5.74) is -0.862. The summed E-state index contributed by atoms with van der Waals surface area (Å²) in [6.07, 6.45) is 0.755. The fraction of sp³-hybridized carbons (Fsp3) is 0.550. The molecule has 3 atom stereocenters. The molecule has 0 saturated heterocycles. The standard InChI is InChI=1S/C20H26O5S/c1-19(2,3)25-17(22)15-14(21)10-11-20(16(15)26,18(23)24-4)12-13-8-6-5-7-9-13/h5-9,15-16,26H,10-12H2,1-4H3/t15-,16+,20+/m0/s1. The van der Waals surface area contributed by atoms with Crippen LogP contribution in [0.1, 0.15) is 39.2 Å². The van der Waals surface area contributed by atoms with Gasteiger partial charge < -0.3 is 9.47 Å². The second-order valence-electron chi connectivity index (χ2n) is 7.73. The molecule has 1 fully saturated rings. The van der Waals surface area contributed by atoms with Crippen LogP contribution in [0.3, 0.4) is 0 Å². The summed E-state index contributed by atoms with van der Waals surface area (Å²) in [4.78, 5) is 37.9. The summed E-state index contributed by atoms with van der Waals surface area (Å²) in [7, 11) is 1.31. The summed E-state index contributed by atoms with van der Waals surface area (Å²) in [5.74, 6) is -2.42. The molecular weight excluding hydrogens is 352 g/mol. The van der Waals surface area contributed by atoms with Crippen molar-refractivity contribution < 1.29 is 23.9 Å². The van der Waals surface area contributed by atoms with Gasteiger partial charge in [0.15, 0.2) is 0 Å². The molecule has 1 aliphatic carbocycles. The number of Topliss-reactive ketones (excluding diaryl/α,β-unsaturated/α-hetero) is 1. The number of carbonyl (C=O) groups excluding carboxylic acids is 3. The predicted molar refractivity (Wildman–Crippen MR) is 101 cm³/mol. The quantitative estimate of drug-likeness (QED) is 0.495. The summed E-state index contributed by atoms with van der Waals surface area (Å²) in [5, 5.41) is -0.814. The lowest BCUT2D eigenvalue weighted by molar-refractivity contribution is -0.168. The van der Waals surface area contributed by atoms with Crippen molar-refractivity contribution in [2.24, 2.45) is 11.3 Å². The largest absolute Gasteiger partial charge is 0.469 e. The zero-order chi connectivity index (χ0) is 19.5. The number of benzene rings is 1. The molecule has 0 radical (unpaired) electrons. The fourth-order valence-corrected chi connectivity index (χ4v) is 4.04. The predicted octanol–water partition coefficient (Wildman–Crippen LogP) is 3.01. The van der Waals surface area contributed by atoms with Crippen LogP contribution in [0.2, 0.25) is 0 Å². The van der Waals surface area contributed by atoms with Gasteiger partial charge in [-0.1, -0.05) is 30.3 Å². The van der Waals surface area contributed by atoms with E-state index >= 15 is 0 Å². The second-order valence-corrected chi connectivity index (χ2v) is 8.29. The Labute approximate surface area is 159 Å². The number of methoxy groups -OCH3 is 1. The molecule has 0 spiro atoms. The van der Waals surface area contributed by atoms with Gasteiger partial charge in [-0.25, -0.2) is 0 Å². The maximum atomic E-state index is 12.7. The van der Waals surface area contributed by atoms with Gasteiger partial charge in [-0.05, 0) is 39.2 Å². The number of ether oxygens (including phenoxy) is 2. The molecule has 0 aromatic heterocycles. The maximum Gasteiger partial charge on any atom is 0.318 e. The zero-order valence-corrected chi connectivity index (χ0v) is 16.5. The van der Waals surface area contributed by atoms with Gasteiger partial charge in [-0.3, -0.25) is 14.4 Å². The topological polar surface area (TPSA) is 69.7 Å². The first kappa shape index (κ1) is 20.5. The van der Waals surface area contributed by atoms with E-state index in [0.29, 0.717) is 12.8 Å². The summed E-state index contributed by atoms with van der Waals surface area (Å²) in [6.45, 7) is 5.22. The van der Waals surface area contributed by atoms with Gasteiger partial charge in [0.1, 0.15) is 17.3 Å². The molecule has 0 aliphatic heterocycles. The molecule has 1 aromatic carbocycles. The highest BCUT2D eigenvalue weighted by atomic mass is 32.1.